The molecule has 0 aliphatic carbocycles. The number of likely N-dealkylation sites (tertiary alicyclic amines) is 1. The Morgan fingerprint density at radius 1 is 1.42 bits per heavy atom. The van der Waals surface area contributed by atoms with Crippen LogP contribution in [0.3, 0.4) is 0 Å². The fourth-order valence-electron chi connectivity index (χ4n) is 2.41. The molecule has 104 valence electrons. The van der Waals surface area contributed by atoms with Crippen LogP contribution in [0.1, 0.15) is 23.2 Å². The minimum absolute atomic E-state index is 0.000790. The summed E-state index contributed by atoms with van der Waals surface area (Å²) in [4.78, 5) is 16.6. The minimum Gasteiger partial charge on any atom is -0.339 e. The number of amides is 1. The van der Waals surface area contributed by atoms with Gasteiger partial charge in [0.15, 0.2) is 0 Å². The molecule has 0 atom stereocenters. The lowest BCUT2D eigenvalue weighted by atomic mass is 10.0. The summed E-state index contributed by atoms with van der Waals surface area (Å²) in [6, 6.07) is 5.76. The molecule has 2 rings (SSSR count). The molecule has 0 saturated carbocycles. The molecule has 1 aliphatic heterocycles. The van der Waals surface area contributed by atoms with Crippen molar-refractivity contribution in [3.63, 3.8) is 0 Å². The predicted octanol–water partition coefficient (Wildman–Crippen LogP) is 3.27. The van der Waals surface area contributed by atoms with Crippen LogP contribution in [-0.4, -0.2) is 48.9 Å². The molecule has 0 spiro atoms. The van der Waals surface area contributed by atoms with Crippen molar-refractivity contribution in [2.24, 2.45) is 0 Å². The SMILES string of the molecule is CN1CCC(N(C)C(=O)c2cccc(Br)c2Cl)CC1. The van der Waals surface area contributed by atoms with E-state index in [9.17, 15) is 4.79 Å². The summed E-state index contributed by atoms with van der Waals surface area (Å²) in [5, 5.41) is 0.493. The highest BCUT2D eigenvalue weighted by atomic mass is 79.9. The third-order valence-corrected chi connectivity index (χ3v) is 5.03. The van der Waals surface area contributed by atoms with E-state index in [-0.39, 0.29) is 5.91 Å². The summed E-state index contributed by atoms with van der Waals surface area (Å²) < 4.78 is 0.761. The summed E-state index contributed by atoms with van der Waals surface area (Å²) in [5.41, 5.74) is 0.567. The molecule has 1 heterocycles. The fourth-order valence-corrected chi connectivity index (χ4v) is 2.98. The van der Waals surface area contributed by atoms with E-state index in [4.69, 9.17) is 11.6 Å². The summed E-state index contributed by atoms with van der Waals surface area (Å²) >= 11 is 9.55. The largest absolute Gasteiger partial charge is 0.339 e. The van der Waals surface area contributed by atoms with E-state index in [1.54, 1.807) is 6.07 Å². The second kappa shape index (κ2) is 6.25. The maximum atomic E-state index is 12.5. The highest BCUT2D eigenvalue weighted by molar-refractivity contribution is 9.10. The van der Waals surface area contributed by atoms with Crippen LogP contribution in [0.25, 0.3) is 0 Å². The molecule has 1 amide bonds. The fraction of sp³-hybridized carbons (Fsp3) is 0.500. The Labute approximate surface area is 127 Å². The first-order chi connectivity index (χ1) is 9.00. The van der Waals surface area contributed by atoms with Gasteiger partial charge in [0.25, 0.3) is 5.91 Å². The minimum atomic E-state index is 0.000790. The van der Waals surface area contributed by atoms with E-state index in [1.165, 1.54) is 0 Å². The molecule has 1 aliphatic rings. The molecule has 0 radical (unpaired) electrons. The summed E-state index contributed by atoms with van der Waals surface area (Å²) in [6.45, 7) is 2.07. The van der Waals surface area contributed by atoms with E-state index < -0.39 is 0 Å². The van der Waals surface area contributed by atoms with Crippen molar-refractivity contribution in [1.29, 1.82) is 0 Å². The van der Waals surface area contributed by atoms with Gasteiger partial charge in [0.1, 0.15) is 0 Å². The number of piperidine rings is 1. The average Bonchev–Trinajstić information content (AvgIpc) is 2.41. The molecule has 0 bridgehead atoms. The number of halogens is 2. The molecule has 19 heavy (non-hydrogen) atoms. The first kappa shape index (κ1) is 14.8. The van der Waals surface area contributed by atoms with Gasteiger partial charge < -0.3 is 9.80 Å². The van der Waals surface area contributed by atoms with Crippen LogP contribution in [0.15, 0.2) is 22.7 Å². The summed E-state index contributed by atoms with van der Waals surface area (Å²) in [5.74, 6) is 0.000790. The van der Waals surface area contributed by atoms with Gasteiger partial charge in [-0.05, 0) is 61.0 Å². The molecule has 3 nitrogen and oxygen atoms in total. The van der Waals surface area contributed by atoms with E-state index in [0.717, 1.165) is 30.4 Å². The molecule has 1 aromatic rings. The Balaban J connectivity index is 2.13. The van der Waals surface area contributed by atoms with Gasteiger partial charge in [0.05, 0.1) is 10.6 Å². The Kier molecular flexibility index (Phi) is 4.87. The zero-order valence-corrected chi connectivity index (χ0v) is 13.5. The van der Waals surface area contributed by atoms with Crippen LogP contribution in [0.2, 0.25) is 5.02 Å². The molecule has 0 aromatic heterocycles. The number of carbonyl (C=O) groups is 1. The second-order valence-corrected chi connectivity index (χ2v) is 6.28. The maximum Gasteiger partial charge on any atom is 0.255 e. The van der Waals surface area contributed by atoms with Crippen molar-refractivity contribution in [2.75, 3.05) is 27.2 Å². The normalized spacial score (nSPS) is 17.5. The standard InChI is InChI=1S/C14H18BrClN2O/c1-17-8-6-10(7-9-17)18(2)14(19)11-4-3-5-12(15)13(11)16/h3-5,10H,6-9H2,1-2H3. The maximum absolute atomic E-state index is 12.5. The van der Waals surface area contributed by atoms with Crippen LogP contribution in [-0.2, 0) is 0 Å². The van der Waals surface area contributed by atoms with E-state index >= 15 is 0 Å². The highest BCUT2D eigenvalue weighted by Crippen LogP contribution is 2.28. The number of nitrogens with zero attached hydrogens (tertiary/aromatic N) is 2. The quantitative estimate of drug-likeness (QED) is 0.821. The van der Waals surface area contributed by atoms with Crippen molar-refractivity contribution >= 4 is 33.4 Å². The zero-order valence-electron chi connectivity index (χ0n) is 11.2. The van der Waals surface area contributed by atoms with Crippen molar-refractivity contribution in [3.8, 4) is 0 Å². The first-order valence-corrected chi connectivity index (χ1v) is 7.57. The topological polar surface area (TPSA) is 23.6 Å². The molecule has 1 aromatic carbocycles. The Hall–Kier alpha value is -0.580. The van der Waals surface area contributed by atoms with Crippen LogP contribution >= 0.6 is 27.5 Å². The van der Waals surface area contributed by atoms with Crippen molar-refractivity contribution < 1.29 is 4.79 Å². The number of hydrogen-bond acceptors (Lipinski definition) is 2. The van der Waals surface area contributed by atoms with E-state index in [1.807, 2.05) is 24.1 Å². The molecule has 1 saturated heterocycles. The van der Waals surface area contributed by atoms with E-state index in [0.29, 0.717) is 16.6 Å². The van der Waals surface area contributed by atoms with Gasteiger partial charge in [-0.1, -0.05) is 17.7 Å². The smallest absolute Gasteiger partial charge is 0.255 e. The summed E-state index contributed by atoms with van der Waals surface area (Å²) in [7, 11) is 3.98. The lowest BCUT2D eigenvalue weighted by Gasteiger charge is -2.35. The van der Waals surface area contributed by atoms with Gasteiger partial charge in [-0.25, -0.2) is 0 Å². The Bertz CT molecular complexity index is 473. The monoisotopic (exact) mass is 344 g/mol. The Morgan fingerprint density at radius 2 is 2.05 bits per heavy atom. The summed E-state index contributed by atoms with van der Waals surface area (Å²) in [6.07, 6.45) is 2.04. The Morgan fingerprint density at radius 3 is 2.68 bits per heavy atom. The molecular formula is C14H18BrClN2O. The predicted molar refractivity (Wildman–Crippen MR) is 81.8 cm³/mol. The number of carbonyl (C=O) groups excluding carboxylic acids is 1. The number of rotatable bonds is 2. The van der Waals surface area contributed by atoms with Crippen molar-refractivity contribution in [1.82, 2.24) is 9.80 Å². The number of hydrogen-bond donors (Lipinski definition) is 0. The zero-order chi connectivity index (χ0) is 14.0. The third-order valence-electron chi connectivity index (χ3n) is 3.74. The van der Waals surface area contributed by atoms with Gasteiger partial charge in [-0.15, -0.1) is 0 Å². The highest BCUT2D eigenvalue weighted by Gasteiger charge is 2.26. The number of benzene rings is 1. The molecule has 0 unspecified atom stereocenters. The van der Waals surface area contributed by atoms with Gasteiger partial charge in [-0.3, -0.25) is 4.79 Å². The third kappa shape index (κ3) is 3.30. The molecule has 0 N–H and O–H groups in total. The van der Waals surface area contributed by atoms with E-state index in [2.05, 4.69) is 27.9 Å². The van der Waals surface area contributed by atoms with Crippen molar-refractivity contribution in [2.45, 2.75) is 18.9 Å². The lowest BCUT2D eigenvalue weighted by Crippen LogP contribution is -2.44. The van der Waals surface area contributed by atoms with Crippen molar-refractivity contribution in [3.05, 3.63) is 33.3 Å². The second-order valence-electron chi connectivity index (χ2n) is 5.05. The van der Waals surface area contributed by atoms with Gasteiger partial charge in [-0.2, -0.15) is 0 Å². The average molecular weight is 346 g/mol. The van der Waals surface area contributed by atoms with Gasteiger partial charge in [0.2, 0.25) is 0 Å². The van der Waals surface area contributed by atoms with Crippen LogP contribution < -0.4 is 0 Å². The first-order valence-electron chi connectivity index (χ1n) is 6.40. The van der Waals surface area contributed by atoms with Crippen LogP contribution in [0.5, 0.6) is 0 Å². The lowest BCUT2D eigenvalue weighted by molar-refractivity contribution is 0.0659. The van der Waals surface area contributed by atoms with Gasteiger partial charge in [0, 0.05) is 17.6 Å². The molecule has 5 heteroatoms. The molecular weight excluding hydrogens is 328 g/mol. The molecule has 1 fully saturated rings. The van der Waals surface area contributed by atoms with Crippen LogP contribution in [0.4, 0.5) is 0 Å². The van der Waals surface area contributed by atoms with Gasteiger partial charge >= 0.3 is 0 Å². The van der Waals surface area contributed by atoms with Crippen LogP contribution in [0, 0.1) is 0 Å².